The highest BCUT2D eigenvalue weighted by Crippen LogP contribution is 2.22. The van der Waals surface area contributed by atoms with Gasteiger partial charge in [-0.3, -0.25) is 4.90 Å². The summed E-state index contributed by atoms with van der Waals surface area (Å²) in [6.07, 6.45) is -0.374. The van der Waals surface area contributed by atoms with Crippen LogP contribution in [-0.4, -0.2) is 11.7 Å². The molecule has 0 aromatic heterocycles. The second kappa shape index (κ2) is 6.52. The van der Waals surface area contributed by atoms with Gasteiger partial charge in [-0.1, -0.05) is 30.3 Å². The number of nitrogen functional groups attached to an aromatic ring is 1. The van der Waals surface area contributed by atoms with E-state index in [4.69, 9.17) is 10.5 Å². The maximum Gasteiger partial charge on any atom is 0.415 e. The van der Waals surface area contributed by atoms with Crippen LogP contribution in [0.2, 0.25) is 0 Å². The van der Waals surface area contributed by atoms with Gasteiger partial charge in [-0.2, -0.15) is 0 Å². The number of ether oxygens (including phenoxy) is 1. The van der Waals surface area contributed by atoms with Crippen LogP contribution < -0.4 is 10.6 Å². The van der Waals surface area contributed by atoms with Crippen LogP contribution >= 0.6 is 0 Å². The topological polar surface area (TPSA) is 55.6 Å². The monoisotopic (exact) mass is 298 g/mol. The summed E-state index contributed by atoms with van der Waals surface area (Å²) < 4.78 is 5.51. The Balaban J connectivity index is 2.27. The summed E-state index contributed by atoms with van der Waals surface area (Å²) in [5.74, 6) is 0. The SMILES string of the molecule is CC(C)(C)OC(=O)N(Cc1ccccc1)c1ccc(N)cc1. The first kappa shape index (κ1) is 15.9. The Hall–Kier alpha value is -2.49. The fourth-order valence-corrected chi connectivity index (χ4v) is 2.00. The number of carbonyl (C=O) groups excluding carboxylic acids is 1. The molecular weight excluding hydrogens is 276 g/mol. The molecule has 2 N–H and O–H groups in total. The van der Waals surface area contributed by atoms with E-state index < -0.39 is 5.60 Å². The van der Waals surface area contributed by atoms with Gasteiger partial charge in [0.1, 0.15) is 5.60 Å². The van der Waals surface area contributed by atoms with E-state index in [1.54, 1.807) is 17.0 Å². The third kappa shape index (κ3) is 4.52. The Bertz CT molecular complexity index is 616. The summed E-state index contributed by atoms with van der Waals surface area (Å²) in [6.45, 7) is 6.01. The number of hydrogen-bond donors (Lipinski definition) is 1. The van der Waals surface area contributed by atoms with Crippen LogP contribution in [0.15, 0.2) is 54.6 Å². The number of benzene rings is 2. The molecule has 0 aliphatic carbocycles. The molecule has 0 aliphatic heterocycles. The molecule has 116 valence electrons. The number of carbonyl (C=O) groups is 1. The molecule has 0 unspecified atom stereocenters. The first-order valence-electron chi connectivity index (χ1n) is 7.25. The molecule has 0 fully saturated rings. The van der Waals surface area contributed by atoms with Crippen molar-refractivity contribution in [3.05, 3.63) is 60.2 Å². The lowest BCUT2D eigenvalue weighted by atomic mass is 10.2. The van der Waals surface area contributed by atoms with E-state index in [0.29, 0.717) is 12.2 Å². The number of amides is 1. The molecule has 22 heavy (non-hydrogen) atoms. The van der Waals surface area contributed by atoms with E-state index in [0.717, 1.165) is 11.3 Å². The van der Waals surface area contributed by atoms with E-state index >= 15 is 0 Å². The molecule has 1 amide bonds. The molecule has 0 spiro atoms. The number of anilines is 2. The molecule has 2 aromatic rings. The molecule has 0 heterocycles. The van der Waals surface area contributed by atoms with E-state index in [9.17, 15) is 4.79 Å². The van der Waals surface area contributed by atoms with Crippen molar-refractivity contribution < 1.29 is 9.53 Å². The molecule has 0 saturated heterocycles. The second-order valence-corrected chi connectivity index (χ2v) is 6.14. The Kier molecular flexibility index (Phi) is 4.71. The highest BCUT2D eigenvalue weighted by molar-refractivity contribution is 5.88. The fraction of sp³-hybridized carbons (Fsp3) is 0.278. The van der Waals surface area contributed by atoms with Crippen molar-refractivity contribution in [2.75, 3.05) is 10.6 Å². The van der Waals surface area contributed by atoms with Gasteiger partial charge >= 0.3 is 6.09 Å². The summed E-state index contributed by atoms with van der Waals surface area (Å²) in [7, 11) is 0. The number of rotatable bonds is 3. The van der Waals surface area contributed by atoms with Crippen molar-refractivity contribution in [3.63, 3.8) is 0 Å². The van der Waals surface area contributed by atoms with Crippen LogP contribution in [0.1, 0.15) is 26.3 Å². The van der Waals surface area contributed by atoms with Crippen molar-refractivity contribution in [2.45, 2.75) is 32.9 Å². The summed E-state index contributed by atoms with van der Waals surface area (Å²) in [6, 6.07) is 17.0. The summed E-state index contributed by atoms with van der Waals surface area (Å²) >= 11 is 0. The lowest BCUT2D eigenvalue weighted by molar-refractivity contribution is 0.0577. The first-order valence-corrected chi connectivity index (χ1v) is 7.25. The van der Waals surface area contributed by atoms with Gasteiger partial charge in [-0.05, 0) is 50.6 Å². The normalized spacial score (nSPS) is 11.0. The fourth-order valence-electron chi connectivity index (χ4n) is 2.00. The minimum Gasteiger partial charge on any atom is -0.443 e. The predicted octanol–water partition coefficient (Wildman–Crippen LogP) is 4.21. The number of nitrogens with two attached hydrogens (primary N) is 1. The molecule has 4 heteroatoms. The van der Waals surface area contributed by atoms with Gasteiger partial charge in [0.05, 0.1) is 6.54 Å². The van der Waals surface area contributed by atoms with Crippen LogP contribution in [0.4, 0.5) is 16.2 Å². The Morgan fingerprint density at radius 3 is 2.18 bits per heavy atom. The largest absolute Gasteiger partial charge is 0.443 e. The summed E-state index contributed by atoms with van der Waals surface area (Å²) in [5, 5.41) is 0. The van der Waals surface area contributed by atoms with Crippen LogP contribution in [-0.2, 0) is 11.3 Å². The Labute approximate surface area is 131 Å². The third-order valence-corrected chi connectivity index (χ3v) is 3.00. The van der Waals surface area contributed by atoms with Crippen molar-refractivity contribution in [1.29, 1.82) is 0 Å². The molecular formula is C18H22N2O2. The second-order valence-electron chi connectivity index (χ2n) is 6.14. The third-order valence-electron chi connectivity index (χ3n) is 3.00. The van der Waals surface area contributed by atoms with Gasteiger partial charge in [-0.15, -0.1) is 0 Å². The molecule has 0 saturated carbocycles. The Morgan fingerprint density at radius 2 is 1.64 bits per heavy atom. The van der Waals surface area contributed by atoms with Crippen molar-refractivity contribution in [2.24, 2.45) is 0 Å². The van der Waals surface area contributed by atoms with E-state index in [1.807, 2.05) is 63.2 Å². The molecule has 2 rings (SSSR count). The number of hydrogen-bond acceptors (Lipinski definition) is 3. The van der Waals surface area contributed by atoms with Gasteiger partial charge in [0.2, 0.25) is 0 Å². The van der Waals surface area contributed by atoms with Gasteiger partial charge < -0.3 is 10.5 Å². The first-order chi connectivity index (χ1) is 10.3. The highest BCUT2D eigenvalue weighted by Gasteiger charge is 2.23. The smallest absolute Gasteiger partial charge is 0.415 e. The molecule has 0 atom stereocenters. The van der Waals surface area contributed by atoms with Gasteiger partial charge in [0.15, 0.2) is 0 Å². The quantitative estimate of drug-likeness (QED) is 0.864. The van der Waals surface area contributed by atoms with Crippen molar-refractivity contribution in [3.8, 4) is 0 Å². The summed E-state index contributed by atoms with van der Waals surface area (Å²) in [4.78, 5) is 14.1. The average Bonchev–Trinajstić information content (AvgIpc) is 2.45. The minimum atomic E-state index is -0.542. The molecule has 0 aliphatic rings. The molecule has 4 nitrogen and oxygen atoms in total. The Morgan fingerprint density at radius 1 is 1.05 bits per heavy atom. The zero-order valence-electron chi connectivity index (χ0n) is 13.2. The maximum atomic E-state index is 12.5. The minimum absolute atomic E-state index is 0.374. The van der Waals surface area contributed by atoms with E-state index in [-0.39, 0.29) is 6.09 Å². The van der Waals surface area contributed by atoms with Gasteiger partial charge in [0.25, 0.3) is 0 Å². The van der Waals surface area contributed by atoms with E-state index in [2.05, 4.69) is 0 Å². The maximum absolute atomic E-state index is 12.5. The standard InChI is InChI=1S/C18H22N2O2/c1-18(2,3)22-17(21)20(13-14-7-5-4-6-8-14)16-11-9-15(19)10-12-16/h4-12H,13,19H2,1-3H3. The lowest BCUT2D eigenvalue weighted by Crippen LogP contribution is -2.36. The van der Waals surface area contributed by atoms with Crippen LogP contribution in [0.5, 0.6) is 0 Å². The zero-order valence-corrected chi connectivity index (χ0v) is 13.2. The van der Waals surface area contributed by atoms with Crippen LogP contribution in [0, 0.1) is 0 Å². The van der Waals surface area contributed by atoms with Gasteiger partial charge in [0, 0.05) is 11.4 Å². The molecule has 2 aromatic carbocycles. The molecule has 0 bridgehead atoms. The summed E-state index contributed by atoms with van der Waals surface area (Å²) in [5.41, 5.74) is 7.63. The molecule has 0 radical (unpaired) electrons. The van der Waals surface area contributed by atoms with Gasteiger partial charge in [-0.25, -0.2) is 4.79 Å². The van der Waals surface area contributed by atoms with Crippen LogP contribution in [0.25, 0.3) is 0 Å². The van der Waals surface area contributed by atoms with Crippen molar-refractivity contribution >= 4 is 17.5 Å². The van der Waals surface area contributed by atoms with Crippen molar-refractivity contribution in [1.82, 2.24) is 0 Å². The zero-order chi connectivity index (χ0) is 16.2. The predicted molar refractivity (Wildman–Crippen MR) is 89.7 cm³/mol. The average molecular weight is 298 g/mol. The number of nitrogens with zero attached hydrogens (tertiary/aromatic N) is 1. The van der Waals surface area contributed by atoms with E-state index in [1.165, 1.54) is 0 Å². The lowest BCUT2D eigenvalue weighted by Gasteiger charge is -2.27. The highest BCUT2D eigenvalue weighted by atomic mass is 16.6. The van der Waals surface area contributed by atoms with Crippen LogP contribution in [0.3, 0.4) is 0 Å².